The molecule has 2 unspecified atom stereocenters. The van der Waals surface area contributed by atoms with Crippen molar-refractivity contribution in [2.24, 2.45) is 11.8 Å². The summed E-state index contributed by atoms with van der Waals surface area (Å²) in [5.41, 5.74) is 0.851. The van der Waals surface area contributed by atoms with Gasteiger partial charge in [-0.15, -0.1) is 0 Å². The highest BCUT2D eigenvalue weighted by molar-refractivity contribution is 6.33. The largest absolute Gasteiger partial charge is 0.299 e. The summed E-state index contributed by atoms with van der Waals surface area (Å²) in [5, 5.41) is 1.27. The summed E-state index contributed by atoms with van der Waals surface area (Å²) in [6, 6.07) is 5.29. The second-order valence-electron chi connectivity index (χ2n) is 4.99. The van der Waals surface area contributed by atoms with Crippen molar-refractivity contribution < 1.29 is 4.79 Å². The monoisotopic (exact) mass is 270 g/mol. The molecule has 0 N–H and O–H groups in total. The fourth-order valence-electron chi connectivity index (χ4n) is 2.51. The van der Waals surface area contributed by atoms with Gasteiger partial charge in [-0.3, -0.25) is 4.79 Å². The number of carbonyl (C=O) groups is 1. The SMILES string of the molecule is CC1CCC(C(=O)Cc2cc(Cl)ccc2Cl)C1. The molecule has 1 aromatic carbocycles. The van der Waals surface area contributed by atoms with Gasteiger partial charge in [0.05, 0.1) is 0 Å². The molecular formula is C14H16Cl2O. The Kier molecular flexibility index (Phi) is 4.11. The molecule has 92 valence electrons. The third-order valence-corrected chi connectivity index (χ3v) is 4.13. The van der Waals surface area contributed by atoms with E-state index in [9.17, 15) is 4.79 Å². The Balaban J connectivity index is 2.05. The van der Waals surface area contributed by atoms with Gasteiger partial charge in [0.25, 0.3) is 0 Å². The molecule has 3 heteroatoms. The summed E-state index contributed by atoms with van der Waals surface area (Å²) in [6.45, 7) is 2.21. The molecule has 2 rings (SSSR count). The molecule has 1 aromatic rings. The van der Waals surface area contributed by atoms with Crippen molar-refractivity contribution >= 4 is 29.0 Å². The van der Waals surface area contributed by atoms with Gasteiger partial charge in [-0.2, -0.15) is 0 Å². The average molecular weight is 271 g/mol. The molecule has 0 aliphatic heterocycles. The van der Waals surface area contributed by atoms with E-state index in [-0.39, 0.29) is 5.92 Å². The molecule has 0 spiro atoms. The van der Waals surface area contributed by atoms with Crippen molar-refractivity contribution in [3.8, 4) is 0 Å². The molecule has 17 heavy (non-hydrogen) atoms. The lowest BCUT2D eigenvalue weighted by Crippen LogP contribution is -2.14. The second kappa shape index (κ2) is 5.41. The zero-order chi connectivity index (χ0) is 12.4. The Hall–Kier alpha value is -0.530. The summed E-state index contributed by atoms with van der Waals surface area (Å²) in [5.74, 6) is 1.21. The van der Waals surface area contributed by atoms with E-state index in [0.29, 0.717) is 28.2 Å². The average Bonchev–Trinajstić information content (AvgIpc) is 2.70. The van der Waals surface area contributed by atoms with E-state index in [2.05, 4.69) is 6.92 Å². The summed E-state index contributed by atoms with van der Waals surface area (Å²) in [6.07, 6.45) is 3.63. The maximum Gasteiger partial charge on any atom is 0.140 e. The molecule has 1 aliphatic rings. The summed E-state index contributed by atoms with van der Waals surface area (Å²) in [4.78, 5) is 12.1. The first kappa shape index (κ1) is 12.9. The molecule has 0 amide bonds. The fourth-order valence-corrected chi connectivity index (χ4v) is 2.89. The Bertz CT molecular complexity index is 428. The van der Waals surface area contributed by atoms with Crippen LogP contribution in [0.25, 0.3) is 0 Å². The molecule has 1 aliphatic carbocycles. The topological polar surface area (TPSA) is 17.1 Å². The first-order chi connectivity index (χ1) is 8.06. The molecule has 1 fully saturated rings. The lowest BCUT2D eigenvalue weighted by Gasteiger charge is -2.09. The van der Waals surface area contributed by atoms with E-state index in [4.69, 9.17) is 23.2 Å². The number of hydrogen-bond donors (Lipinski definition) is 0. The van der Waals surface area contributed by atoms with E-state index in [1.165, 1.54) is 6.42 Å². The van der Waals surface area contributed by atoms with Gasteiger partial charge in [-0.1, -0.05) is 30.1 Å². The van der Waals surface area contributed by atoms with Crippen LogP contribution in [-0.4, -0.2) is 5.78 Å². The normalized spacial score (nSPS) is 23.9. The van der Waals surface area contributed by atoms with Crippen molar-refractivity contribution in [3.05, 3.63) is 33.8 Å². The first-order valence-electron chi connectivity index (χ1n) is 6.03. The van der Waals surface area contributed by atoms with Crippen LogP contribution in [0.15, 0.2) is 18.2 Å². The van der Waals surface area contributed by atoms with Crippen LogP contribution < -0.4 is 0 Å². The van der Waals surface area contributed by atoms with E-state index in [0.717, 1.165) is 18.4 Å². The zero-order valence-corrected chi connectivity index (χ0v) is 11.4. The molecule has 0 heterocycles. The Morgan fingerprint density at radius 3 is 2.76 bits per heavy atom. The smallest absolute Gasteiger partial charge is 0.140 e. The number of Topliss-reactive ketones (excluding diaryl/α,β-unsaturated/α-hetero) is 1. The van der Waals surface area contributed by atoms with Gasteiger partial charge >= 0.3 is 0 Å². The minimum atomic E-state index is 0.222. The number of ketones is 1. The molecule has 0 bridgehead atoms. The number of hydrogen-bond acceptors (Lipinski definition) is 1. The van der Waals surface area contributed by atoms with E-state index < -0.39 is 0 Å². The van der Waals surface area contributed by atoms with Crippen LogP contribution in [0.5, 0.6) is 0 Å². The van der Waals surface area contributed by atoms with Gasteiger partial charge in [0, 0.05) is 22.4 Å². The third-order valence-electron chi connectivity index (χ3n) is 3.52. The van der Waals surface area contributed by atoms with Gasteiger partial charge in [-0.25, -0.2) is 0 Å². The highest BCUT2D eigenvalue weighted by atomic mass is 35.5. The maximum absolute atomic E-state index is 12.1. The minimum absolute atomic E-state index is 0.222. The van der Waals surface area contributed by atoms with Gasteiger partial charge in [0.1, 0.15) is 5.78 Å². The summed E-state index contributed by atoms with van der Waals surface area (Å²) < 4.78 is 0. The molecule has 2 atom stereocenters. The van der Waals surface area contributed by atoms with Crippen molar-refractivity contribution in [2.45, 2.75) is 32.6 Å². The molecule has 0 radical (unpaired) electrons. The predicted molar refractivity (Wildman–Crippen MR) is 71.7 cm³/mol. The van der Waals surface area contributed by atoms with Crippen molar-refractivity contribution in [3.63, 3.8) is 0 Å². The van der Waals surface area contributed by atoms with Gasteiger partial charge < -0.3 is 0 Å². The second-order valence-corrected chi connectivity index (χ2v) is 5.84. The van der Waals surface area contributed by atoms with E-state index in [1.54, 1.807) is 18.2 Å². The lowest BCUT2D eigenvalue weighted by atomic mass is 9.96. The van der Waals surface area contributed by atoms with Crippen LogP contribution in [0.3, 0.4) is 0 Å². The predicted octanol–water partition coefficient (Wildman–Crippen LogP) is 4.54. The molecule has 1 saturated carbocycles. The summed E-state index contributed by atoms with van der Waals surface area (Å²) in [7, 11) is 0. The molecule has 1 nitrogen and oxygen atoms in total. The van der Waals surface area contributed by atoms with Gasteiger partial charge in [0.2, 0.25) is 0 Å². The van der Waals surface area contributed by atoms with Crippen LogP contribution in [0.1, 0.15) is 31.7 Å². The first-order valence-corrected chi connectivity index (χ1v) is 6.78. The van der Waals surface area contributed by atoms with Crippen LogP contribution in [0.4, 0.5) is 0 Å². The maximum atomic E-state index is 12.1. The quantitative estimate of drug-likeness (QED) is 0.788. The Morgan fingerprint density at radius 2 is 2.12 bits per heavy atom. The zero-order valence-electron chi connectivity index (χ0n) is 9.88. The number of carbonyl (C=O) groups excluding carboxylic acids is 1. The number of halogens is 2. The lowest BCUT2D eigenvalue weighted by molar-refractivity contribution is -0.122. The Labute approximate surface area is 112 Å². The van der Waals surface area contributed by atoms with Crippen LogP contribution in [-0.2, 0) is 11.2 Å². The van der Waals surface area contributed by atoms with E-state index in [1.807, 2.05) is 0 Å². The number of rotatable bonds is 3. The van der Waals surface area contributed by atoms with Crippen LogP contribution in [0, 0.1) is 11.8 Å². The molecule has 0 aromatic heterocycles. The summed E-state index contributed by atoms with van der Waals surface area (Å²) >= 11 is 12.0. The van der Waals surface area contributed by atoms with Crippen LogP contribution in [0.2, 0.25) is 10.0 Å². The highest BCUT2D eigenvalue weighted by Gasteiger charge is 2.27. The van der Waals surface area contributed by atoms with Gasteiger partial charge in [-0.05, 0) is 48.9 Å². The fraction of sp³-hybridized carbons (Fsp3) is 0.500. The molecular weight excluding hydrogens is 255 g/mol. The van der Waals surface area contributed by atoms with Gasteiger partial charge in [0.15, 0.2) is 0 Å². The Morgan fingerprint density at radius 1 is 1.35 bits per heavy atom. The van der Waals surface area contributed by atoms with Crippen LogP contribution >= 0.6 is 23.2 Å². The highest BCUT2D eigenvalue weighted by Crippen LogP contribution is 2.32. The standard InChI is InChI=1S/C14H16Cl2O/c1-9-2-3-10(6-9)14(17)8-11-7-12(15)4-5-13(11)16/h4-5,7,9-10H,2-3,6,8H2,1H3. The minimum Gasteiger partial charge on any atom is -0.299 e. The van der Waals surface area contributed by atoms with Crippen molar-refractivity contribution in [1.82, 2.24) is 0 Å². The molecule has 0 saturated heterocycles. The van der Waals surface area contributed by atoms with E-state index >= 15 is 0 Å². The third kappa shape index (κ3) is 3.23. The number of benzene rings is 1. The van der Waals surface area contributed by atoms with Crippen molar-refractivity contribution in [2.75, 3.05) is 0 Å². The van der Waals surface area contributed by atoms with Crippen molar-refractivity contribution in [1.29, 1.82) is 0 Å².